The van der Waals surface area contributed by atoms with Crippen LogP contribution < -0.4 is 10.9 Å². The maximum Gasteiger partial charge on any atom is 0.280 e. The molecule has 150 valence electrons. The Bertz CT molecular complexity index is 1010. The summed E-state index contributed by atoms with van der Waals surface area (Å²) >= 11 is 0. The van der Waals surface area contributed by atoms with Crippen LogP contribution in [0.25, 0.3) is 22.4 Å². The average Bonchev–Trinajstić information content (AvgIpc) is 2.76. The number of hydrogen-bond acceptors (Lipinski definition) is 3. The second kappa shape index (κ2) is 9.82. The molecule has 3 rings (SSSR count). The molecule has 2 aromatic carbocycles. The molecule has 0 saturated heterocycles. The highest BCUT2D eigenvalue weighted by Gasteiger charge is 2.24. The van der Waals surface area contributed by atoms with Gasteiger partial charge in [0, 0.05) is 24.7 Å². The molecular formula is C24H27N3O2. The number of benzene rings is 2. The van der Waals surface area contributed by atoms with Gasteiger partial charge in [0.15, 0.2) is 0 Å². The van der Waals surface area contributed by atoms with Crippen LogP contribution in [0.15, 0.2) is 65.5 Å². The number of amides is 1. The van der Waals surface area contributed by atoms with Crippen LogP contribution in [0.2, 0.25) is 0 Å². The van der Waals surface area contributed by atoms with Crippen LogP contribution in [0.4, 0.5) is 0 Å². The number of aryl methyl sites for hydroxylation is 1. The first-order chi connectivity index (χ1) is 14.1. The van der Waals surface area contributed by atoms with Gasteiger partial charge >= 0.3 is 0 Å². The first-order valence-electron chi connectivity index (χ1n) is 10.1. The molecule has 1 aromatic heterocycles. The van der Waals surface area contributed by atoms with E-state index >= 15 is 0 Å². The Labute approximate surface area is 171 Å². The third-order valence-corrected chi connectivity index (χ3v) is 4.90. The zero-order chi connectivity index (χ0) is 20.6. The topological polar surface area (TPSA) is 64.0 Å². The number of unbranched alkanes of at least 4 members (excludes halogenated alkanes) is 3. The number of rotatable bonds is 8. The number of carbonyl (C=O) groups is 1. The van der Waals surface area contributed by atoms with Crippen molar-refractivity contribution >= 4 is 5.91 Å². The molecule has 3 aromatic rings. The molecule has 5 heteroatoms. The van der Waals surface area contributed by atoms with Gasteiger partial charge in [0.05, 0.1) is 5.69 Å². The lowest BCUT2D eigenvalue weighted by Crippen LogP contribution is -2.35. The van der Waals surface area contributed by atoms with E-state index in [2.05, 4.69) is 17.3 Å². The summed E-state index contributed by atoms with van der Waals surface area (Å²) in [5.41, 5.74) is 2.60. The third-order valence-electron chi connectivity index (χ3n) is 4.90. The van der Waals surface area contributed by atoms with Gasteiger partial charge in [-0.25, -0.2) is 4.68 Å². The predicted octanol–water partition coefficient (Wildman–Crippen LogP) is 4.42. The van der Waals surface area contributed by atoms with Crippen LogP contribution in [-0.2, 0) is 7.05 Å². The first kappa shape index (κ1) is 20.5. The lowest BCUT2D eigenvalue weighted by molar-refractivity contribution is 0.0951. The van der Waals surface area contributed by atoms with Gasteiger partial charge in [-0.2, -0.15) is 5.10 Å². The maximum absolute atomic E-state index is 13.1. The summed E-state index contributed by atoms with van der Waals surface area (Å²) in [6.07, 6.45) is 4.24. The van der Waals surface area contributed by atoms with Crippen molar-refractivity contribution < 1.29 is 4.79 Å². The SMILES string of the molecule is CCCCCCNC(=O)c1c(-c2ccccc2)c(-c2ccccc2)nn(C)c1=O. The molecular weight excluding hydrogens is 362 g/mol. The predicted molar refractivity (Wildman–Crippen MR) is 117 cm³/mol. The van der Waals surface area contributed by atoms with Gasteiger partial charge in [-0.1, -0.05) is 86.8 Å². The fourth-order valence-corrected chi connectivity index (χ4v) is 3.37. The summed E-state index contributed by atoms with van der Waals surface area (Å²) in [4.78, 5) is 26.0. The normalized spacial score (nSPS) is 10.7. The zero-order valence-corrected chi connectivity index (χ0v) is 17.0. The molecule has 0 atom stereocenters. The van der Waals surface area contributed by atoms with Gasteiger partial charge in [-0.3, -0.25) is 9.59 Å². The van der Waals surface area contributed by atoms with E-state index in [-0.39, 0.29) is 11.5 Å². The van der Waals surface area contributed by atoms with E-state index in [9.17, 15) is 9.59 Å². The quantitative estimate of drug-likeness (QED) is 0.580. The summed E-state index contributed by atoms with van der Waals surface area (Å²) in [6, 6.07) is 19.2. The van der Waals surface area contributed by atoms with Crippen LogP contribution in [0.3, 0.4) is 0 Å². The summed E-state index contributed by atoms with van der Waals surface area (Å²) in [7, 11) is 1.58. The minimum atomic E-state index is -0.394. The highest BCUT2D eigenvalue weighted by Crippen LogP contribution is 2.31. The third kappa shape index (κ3) is 4.80. The van der Waals surface area contributed by atoms with Crippen molar-refractivity contribution in [2.24, 2.45) is 7.05 Å². The summed E-state index contributed by atoms with van der Waals surface area (Å²) < 4.78 is 1.25. The summed E-state index contributed by atoms with van der Waals surface area (Å²) in [5.74, 6) is -0.347. The van der Waals surface area contributed by atoms with E-state index in [4.69, 9.17) is 0 Å². The van der Waals surface area contributed by atoms with Crippen LogP contribution in [0.5, 0.6) is 0 Å². The number of aromatic nitrogens is 2. The van der Waals surface area contributed by atoms with Crippen molar-refractivity contribution in [1.29, 1.82) is 0 Å². The van der Waals surface area contributed by atoms with Gasteiger partial charge in [0.25, 0.3) is 11.5 Å². The van der Waals surface area contributed by atoms with Crippen molar-refractivity contribution in [3.8, 4) is 22.4 Å². The van der Waals surface area contributed by atoms with E-state index < -0.39 is 5.56 Å². The smallest absolute Gasteiger partial charge is 0.280 e. The Morgan fingerprint density at radius 1 is 0.931 bits per heavy atom. The molecule has 0 fully saturated rings. The van der Waals surface area contributed by atoms with Crippen LogP contribution in [0.1, 0.15) is 43.0 Å². The molecule has 0 unspecified atom stereocenters. The largest absolute Gasteiger partial charge is 0.352 e. The molecule has 0 radical (unpaired) electrons. The number of hydrogen-bond donors (Lipinski definition) is 1. The van der Waals surface area contributed by atoms with E-state index in [1.54, 1.807) is 7.05 Å². The van der Waals surface area contributed by atoms with Crippen LogP contribution in [0, 0.1) is 0 Å². The second-order valence-electron chi connectivity index (χ2n) is 7.08. The molecule has 1 N–H and O–H groups in total. The summed E-state index contributed by atoms with van der Waals surface area (Å²) in [5, 5.41) is 7.44. The molecule has 1 amide bonds. The molecule has 0 aliphatic heterocycles. The van der Waals surface area contributed by atoms with E-state index in [0.29, 0.717) is 17.8 Å². The fraction of sp³-hybridized carbons (Fsp3) is 0.292. The molecule has 0 bridgehead atoms. The lowest BCUT2D eigenvalue weighted by Gasteiger charge is -2.16. The molecule has 0 aliphatic rings. The van der Waals surface area contributed by atoms with Crippen molar-refractivity contribution in [1.82, 2.24) is 15.1 Å². The Kier molecular flexibility index (Phi) is 6.95. The summed E-state index contributed by atoms with van der Waals surface area (Å²) in [6.45, 7) is 2.70. The highest BCUT2D eigenvalue weighted by atomic mass is 16.2. The molecule has 29 heavy (non-hydrogen) atoms. The van der Waals surface area contributed by atoms with Gasteiger partial charge in [0.2, 0.25) is 0 Å². The number of carbonyl (C=O) groups excluding carboxylic acids is 1. The van der Waals surface area contributed by atoms with Gasteiger partial charge < -0.3 is 5.32 Å². The number of nitrogens with zero attached hydrogens (tertiary/aromatic N) is 2. The minimum absolute atomic E-state index is 0.142. The molecule has 0 aliphatic carbocycles. The molecule has 1 heterocycles. The Morgan fingerprint density at radius 3 is 2.17 bits per heavy atom. The standard InChI is InChI=1S/C24H27N3O2/c1-3-4-5-12-17-25-23(28)21-20(18-13-8-6-9-14-18)22(26-27(2)24(21)29)19-15-10-7-11-16-19/h6-11,13-16H,3-5,12,17H2,1-2H3,(H,25,28). The van der Waals surface area contributed by atoms with Gasteiger partial charge in [-0.15, -0.1) is 0 Å². The number of nitrogens with one attached hydrogen (secondary N) is 1. The van der Waals surface area contributed by atoms with E-state index in [0.717, 1.165) is 36.8 Å². The Hall–Kier alpha value is -3.21. The average molecular weight is 389 g/mol. The maximum atomic E-state index is 13.1. The molecule has 0 saturated carbocycles. The minimum Gasteiger partial charge on any atom is -0.352 e. The van der Waals surface area contributed by atoms with Crippen molar-refractivity contribution in [3.05, 3.63) is 76.6 Å². The van der Waals surface area contributed by atoms with E-state index in [1.807, 2.05) is 60.7 Å². The van der Waals surface area contributed by atoms with Crippen molar-refractivity contribution in [2.45, 2.75) is 32.6 Å². The second-order valence-corrected chi connectivity index (χ2v) is 7.08. The molecule has 0 spiro atoms. The van der Waals surface area contributed by atoms with Crippen molar-refractivity contribution in [2.75, 3.05) is 6.54 Å². The van der Waals surface area contributed by atoms with E-state index in [1.165, 1.54) is 4.68 Å². The van der Waals surface area contributed by atoms with Crippen LogP contribution >= 0.6 is 0 Å². The first-order valence-corrected chi connectivity index (χ1v) is 10.1. The monoisotopic (exact) mass is 389 g/mol. The fourth-order valence-electron chi connectivity index (χ4n) is 3.37. The van der Waals surface area contributed by atoms with Gasteiger partial charge in [-0.05, 0) is 12.0 Å². The highest BCUT2D eigenvalue weighted by molar-refractivity contribution is 6.03. The molecule has 5 nitrogen and oxygen atoms in total. The van der Waals surface area contributed by atoms with Crippen molar-refractivity contribution in [3.63, 3.8) is 0 Å². The van der Waals surface area contributed by atoms with Crippen LogP contribution in [-0.4, -0.2) is 22.2 Å². The zero-order valence-electron chi connectivity index (χ0n) is 17.0. The van der Waals surface area contributed by atoms with Gasteiger partial charge in [0.1, 0.15) is 5.56 Å². The Morgan fingerprint density at radius 2 is 1.55 bits per heavy atom. The lowest BCUT2D eigenvalue weighted by atomic mass is 9.95. The Balaban J connectivity index is 2.10.